The number of carbonyl (C=O) groups is 2. The van der Waals surface area contributed by atoms with Crippen molar-refractivity contribution in [1.82, 2.24) is 4.90 Å². The van der Waals surface area contributed by atoms with Crippen molar-refractivity contribution in [2.75, 3.05) is 11.9 Å². The van der Waals surface area contributed by atoms with Gasteiger partial charge in [0.2, 0.25) is 11.8 Å². The van der Waals surface area contributed by atoms with Gasteiger partial charge in [-0.3, -0.25) is 9.59 Å². The van der Waals surface area contributed by atoms with E-state index in [1.165, 1.54) is 6.42 Å². The fraction of sp³-hybridized carbons (Fsp3) is 0.357. The molecule has 2 aromatic carbocycles. The number of nitrogens with one attached hydrogen (secondary N) is 1. The summed E-state index contributed by atoms with van der Waals surface area (Å²) in [5.74, 6) is 2.07. The van der Waals surface area contributed by atoms with Gasteiger partial charge in [-0.05, 0) is 43.0 Å². The molecule has 0 spiro atoms. The third-order valence-corrected chi connectivity index (χ3v) is 6.97. The summed E-state index contributed by atoms with van der Waals surface area (Å²) in [6, 6.07) is 19.7. The van der Waals surface area contributed by atoms with Crippen molar-refractivity contribution in [3.05, 3.63) is 77.6 Å². The first kappa shape index (κ1) is 21.5. The first-order valence-corrected chi connectivity index (χ1v) is 12.0. The van der Waals surface area contributed by atoms with E-state index in [0.29, 0.717) is 12.5 Å². The van der Waals surface area contributed by atoms with Crippen LogP contribution in [0.3, 0.4) is 0 Å². The Hall–Kier alpha value is -3.34. The number of carbonyl (C=O) groups excluding carboxylic acids is 2. The van der Waals surface area contributed by atoms with Gasteiger partial charge in [0, 0.05) is 42.2 Å². The van der Waals surface area contributed by atoms with Crippen molar-refractivity contribution in [2.24, 2.45) is 5.92 Å². The summed E-state index contributed by atoms with van der Waals surface area (Å²) in [4.78, 5) is 27.6. The van der Waals surface area contributed by atoms with E-state index in [9.17, 15) is 9.59 Å². The molecular formula is C28H30N2O3. The van der Waals surface area contributed by atoms with Crippen LogP contribution >= 0.6 is 0 Å². The molecule has 33 heavy (non-hydrogen) atoms. The lowest BCUT2D eigenvalue weighted by Crippen LogP contribution is -2.41. The van der Waals surface area contributed by atoms with Crippen molar-refractivity contribution >= 4 is 17.5 Å². The molecule has 170 valence electrons. The molecule has 1 atom stereocenters. The number of nitrogens with zero attached hydrogens (tertiary/aromatic N) is 1. The number of anilines is 1. The SMILES string of the molecule is CCC(C(=O)Nc1cccc(-c2cc3c(o2)CCN(C(=O)C2CCC2)C3)c1)c1ccccc1. The number of benzene rings is 2. The zero-order valence-electron chi connectivity index (χ0n) is 19.0. The van der Waals surface area contributed by atoms with Gasteiger partial charge in [-0.2, -0.15) is 0 Å². The molecule has 5 nitrogen and oxygen atoms in total. The molecule has 0 saturated heterocycles. The highest BCUT2D eigenvalue weighted by molar-refractivity contribution is 5.96. The molecule has 2 aliphatic rings. The van der Waals surface area contributed by atoms with Crippen LogP contribution in [0.1, 0.15) is 55.4 Å². The lowest BCUT2D eigenvalue weighted by Gasteiger charge is -2.33. The summed E-state index contributed by atoms with van der Waals surface area (Å²) in [5.41, 5.74) is 3.79. The van der Waals surface area contributed by atoms with Crippen LogP contribution in [0, 0.1) is 5.92 Å². The minimum Gasteiger partial charge on any atom is -0.461 e. The highest BCUT2D eigenvalue weighted by Gasteiger charge is 2.32. The molecule has 1 aliphatic carbocycles. The third-order valence-electron chi connectivity index (χ3n) is 6.97. The van der Waals surface area contributed by atoms with E-state index < -0.39 is 0 Å². The zero-order chi connectivity index (χ0) is 22.8. The molecule has 2 amide bonds. The number of rotatable bonds is 6. The Labute approximate surface area is 194 Å². The van der Waals surface area contributed by atoms with E-state index in [4.69, 9.17) is 4.42 Å². The molecule has 2 heterocycles. The summed E-state index contributed by atoms with van der Waals surface area (Å²) in [5, 5.41) is 3.08. The fourth-order valence-corrected chi connectivity index (χ4v) is 4.81. The number of hydrogen-bond acceptors (Lipinski definition) is 3. The second-order valence-corrected chi connectivity index (χ2v) is 9.14. The maximum atomic E-state index is 13.0. The van der Waals surface area contributed by atoms with E-state index in [1.54, 1.807) is 0 Å². The molecule has 1 aromatic heterocycles. The van der Waals surface area contributed by atoms with Crippen molar-refractivity contribution in [2.45, 2.75) is 51.5 Å². The second-order valence-electron chi connectivity index (χ2n) is 9.14. The minimum atomic E-state index is -0.190. The molecule has 3 aromatic rings. The monoisotopic (exact) mass is 442 g/mol. The van der Waals surface area contributed by atoms with Gasteiger partial charge >= 0.3 is 0 Å². The molecule has 0 radical (unpaired) electrons. The van der Waals surface area contributed by atoms with Gasteiger partial charge in [-0.25, -0.2) is 0 Å². The van der Waals surface area contributed by atoms with Gasteiger partial charge in [0.1, 0.15) is 11.5 Å². The Bertz CT molecular complexity index is 1150. The van der Waals surface area contributed by atoms with Crippen LogP contribution in [0.15, 0.2) is 65.1 Å². The Kier molecular flexibility index (Phi) is 6.03. The van der Waals surface area contributed by atoms with Crippen molar-refractivity contribution in [3.8, 4) is 11.3 Å². The molecule has 1 N–H and O–H groups in total. The van der Waals surface area contributed by atoms with E-state index in [-0.39, 0.29) is 17.7 Å². The predicted molar refractivity (Wildman–Crippen MR) is 129 cm³/mol. The van der Waals surface area contributed by atoms with Gasteiger partial charge in [-0.1, -0.05) is 55.8 Å². The fourth-order valence-electron chi connectivity index (χ4n) is 4.81. The minimum absolute atomic E-state index is 0.00950. The lowest BCUT2D eigenvalue weighted by molar-refractivity contribution is -0.139. The van der Waals surface area contributed by atoms with Crippen molar-refractivity contribution in [3.63, 3.8) is 0 Å². The molecule has 1 aliphatic heterocycles. The van der Waals surface area contributed by atoms with E-state index in [2.05, 4.69) is 11.4 Å². The van der Waals surface area contributed by atoms with Gasteiger partial charge in [0.15, 0.2) is 0 Å². The van der Waals surface area contributed by atoms with Crippen LogP contribution in [0.25, 0.3) is 11.3 Å². The van der Waals surface area contributed by atoms with Crippen LogP contribution in [0.5, 0.6) is 0 Å². The molecule has 5 heteroatoms. The number of amides is 2. The summed E-state index contributed by atoms with van der Waals surface area (Å²) >= 11 is 0. The smallest absolute Gasteiger partial charge is 0.231 e. The van der Waals surface area contributed by atoms with Crippen LogP contribution in [0.4, 0.5) is 5.69 Å². The maximum absolute atomic E-state index is 13.0. The number of furan rings is 1. The van der Waals surface area contributed by atoms with Crippen molar-refractivity contribution < 1.29 is 14.0 Å². The Balaban J connectivity index is 1.30. The largest absolute Gasteiger partial charge is 0.461 e. The van der Waals surface area contributed by atoms with Gasteiger partial charge < -0.3 is 14.6 Å². The van der Waals surface area contributed by atoms with Gasteiger partial charge in [0.25, 0.3) is 0 Å². The van der Waals surface area contributed by atoms with E-state index in [1.807, 2.05) is 66.4 Å². The van der Waals surface area contributed by atoms with Crippen LogP contribution in [-0.2, 0) is 22.6 Å². The molecule has 1 saturated carbocycles. The molecular weight excluding hydrogens is 412 g/mol. The summed E-state index contributed by atoms with van der Waals surface area (Å²) in [7, 11) is 0. The Morgan fingerprint density at radius 1 is 1.09 bits per heavy atom. The van der Waals surface area contributed by atoms with E-state index >= 15 is 0 Å². The zero-order valence-corrected chi connectivity index (χ0v) is 19.0. The second kappa shape index (κ2) is 9.26. The van der Waals surface area contributed by atoms with Crippen LogP contribution < -0.4 is 5.32 Å². The van der Waals surface area contributed by atoms with Crippen molar-refractivity contribution in [1.29, 1.82) is 0 Å². The Morgan fingerprint density at radius 2 is 1.91 bits per heavy atom. The predicted octanol–water partition coefficient (Wildman–Crippen LogP) is 5.76. The van der Waals surface area contributed by atoms with Gasteiger partial charge in [0.05, 0.1) is 5.92 Å². The third kappa shape index (κ3) is 4.45. The summed E-state index contributed by atoms with van der Waals surface area (Å²) < 4.78 is 6.17. The first-order chi connectivity index (χ1) is 16.1. The topological polar surface area (TPSA) is 62.6 Å². The normalized spacial score (nSPS) is 16.6. The summed E-state index contributed by atoms with van der Waals surface area (Å²) in [6.07, 6.45) is 4.71. The average Bonchev–Trinajstić information content (AvgIpc) is 3.23. The first-order valence-electron chi connectivity index (χ1n) is 12.0. The standard InChI is InChI=1S/C28H30N2O3/c1-2-24(19-8-4-3-5-9-19)27(31)29-23-13-7-12-21(16-23)26-17-22-18-30(15-14-25(22)33-26)28(32)20-10-6-11-20/h3-5,7-9,12-13,16-17,20,24H,2,6,10-11,14-15,18H2,1H3,(H,29,31). The average molecular weight is 443 g/mol. The molecule has 5 rings (SSSR count). The van der Waals surface area contributed by atoms with Crippen LogP contribution in [-0.4, -0.2) is 23.3 Å². The van der Waals surface area contributed by atoms with Gasteiger partial charge in [-0.15, -0.1) is 0 Å². The van der Waals surface area contributed by atoms with Crippen LogP contribution in [0.2, 0.25) is 0 Å². The maximum Gasteiger partial charge on any atom is 0.231 e. The highest BCUT2D eigenvalue weighted by Crippen LogP contribution is 2.34. The van der Waals surface area contributed by atoms with E-state index in [0.717, 1.165) is 66.1 Å². The number of hydrogen-bond donors (Lipinski definition) is 1. The molecule has 1 fully saturated rings. The lowest BCUT2D eigenvalue weighted by atomic mass is 9.84. The quantitative estimate of drug-likeness (QED) is 0.528. The molecule has 0 bridgehead atoms. The molecule has 1 unspecified atom stereocenters. The number of fused-ring (bicyclic) bond motifs is 1. The highest BCUT2D eigenvalue weighted by atomic mass is 16.3. The Morgan fingerprint density at radius 3 is 2.64 bits per heavy atom. The summed E-state index contributed by atoms with van der Waals surface area (Å²) in [6.45, 7) is 3.38.